The summed E-state index contributed by atoms with van der Waals surface area (Å²) < 4.78 is 33.3. The Hall–Kier alpha value is -1.96. The molecule has 0 aliphatic carbocycles. The molecule has 2 rings (SSSR count). The number of carbonyl (C=O) groups excluding carboxylic acids is 1. The first-order valence-electron chi connectivity index (χ1n) is 7.77. The number of ether oxygens (including phenoxy) is 2. The van der Waals surface area contributed by atoms with Crippen molar-refractivity contribution in [1.82, 2.24) is 4.90 Å². The molecule has 1 N–H and O–H groups in total. The molecule has 1 heterocycles. The standard InChI is InChI=1S/C16H24N2O5S/c1-22-14-7-13(8-15(9-14)23-2)17-16(19)18-6-4-5-12(10-18)11-24(3,20)21/h7-9,12H,4-6,10-11H2,1-3H3,(H,17,19)/t12-/m1/s1. The molecule has 0 unspecified atom stereocenters. The van der Waals surface area contributed by atoms with Crippen LogP contribution in [0.3, 0.4) is 0 Å². The van der Waals surface area contributed by atoms with Crippen LogP contribution in [0.1, 0.15) is 12.8 Å². The van der Waals surface area contributed by atoms with Crippen LogP contribution < -0.4 is 14.8 Å². The van der Waals surface area contributed by atoms with E-state index >= 15 is 0 Å². The molecule has 134 valence electrons. The lowest BCUT2D eigenvalue weighted by molar-refractivity contribution is 0.183. The van der Waals surface area contributed by atoms with Crippen LogP contribution in [-0.2, 0) is 9.84 Å². The van der Waals surface area contributed by atoms with Crippen LogP contribution in [0.15, 0.2) is 18.2 Å². The van der Waals surface area contributed by atoms with Gasteiger partial charge in [-0.15, -0.1) is 0 Å². The molecule has 7 nitrogen and oxygen atoms in total. The number of sulfone groups is 1. The summed E-state index contributed by atoms with van der Waals surface area (Å²) >= 11 is 0. The largest absolute Gasteiger partial charge is 0.497 e. The number of nitrogens with zero attached hydrogens (tertiary/aromatic N) is 1. The van der Waals surface area contributed by atoms with E-state index in [0.717, 1.165) is 12.8 Å². The van der Waals surface area contributed by atoms with Crippen LogP contribution in [0.5, 0.6) is 11.5 Å². The molecule has 24 heavy (non-hydrogen) atoms. The monoisotopic (exact) mass is 356 g/mol. The van der Waals surface area contributed by atoms with Crippen molar-refractivity contribution in [3.63, 3.8) is 0 Å². The zero-order valence-electron chi connectivity index (χ0n) is 14.2. The quantitative estimate of drug-likeness (QED) is 0.872. The molecule has 1 aromatic carbocycles. The van der Waals surface area contributed by atoms with Gasteiger partial charge in [-0.2, -0.15) is 0 Å². The summed E-state index contributed by atoms with van der Waals surface area (Å²) in [5.41, 5.74) is 0.571. The number of carbonyl (C=O) groups is 1. The summed E-state index contributed by atoms with van der Waals surface area (Å²) in [5, 5.41) is 2.82. The number of rotatable bonds is 5. The minimum absolute atomic E-state index is 0.0145. The number of urea groups is 1. The van der Waals surface area contributed by atoms with Crippen molar-refractivity contribution in [3.05, 3.63) is 18.2 Å². The Morgan fingerprint density at radius 3 is 2.42 bits per heavy atom. The molecule has 0 saturated carbocycles. The number of anilines is 1. The third-order valence-corrected chi connectivity index (χ3v) is 5.02. The second-order valence-electron chi connectivity index (χ2n) is 6.08. The van der Waals surface area contributed by atoms with Crippen molar-refractivity contribution >= 4 is 21.6 Å². The predicted molar refractivity (Wildman–Crippen MR) is 92.6 cm³/mol. The first kappa shape index (κ1) is 18.4. The topological polar surface area (TPSA) is 84.9 Å². The summed E-state index contributed by atoms with van der Waals surface area (Å²) in [6, 6.07) is 4.89. The maximum atomic E-state index is 12.5. The molecule has 1 fully saturated rings. The van der Waals surface area contributed by atoms with E-state index in [-0.39, 0.29) is 17.7 Å². The minimum atomic E-state index is -3.04. The van der Waals surface area contributed by atoms with E-state index in [0.29, 0.717) is 30.3 Å². The Labute approximate surface area is 142 Å². The number of methoxy groups -OCH3 is 2. The Morgan fingerprint density at radius 1 is 1.25 bits per heavy atom. The highest BCUT2D eigenvalue weighted by molar-refractivity contribution is 7.90. The van der Waals surface area contributed by atoms with E-state index in [2.05, 4.69) is 5.32 Å². The second-order valence-corrected chi connectivity index (χ2v) is 8.26. The van der Waals surface area contributed by atoms with E-state index in [4.69, 9.17) is 9.47 Å². The first-order valence-corrected chi connectivity index (χ1v) is 9.83. The lowest BCUT2D eigenvalue weighted by Crippen LogP contribution is -2.43. The molecule has 0 aromatic heterocycles. The maximum absolute atomic E-state index is 12.5. The van der Waals surface area contributed by atoms with Gasteiger partial charge in [-0.3, -0.25) is 0 Å². The Kier molecular flexibility index (Phi) is 5.93. The molecule has 1 aromatic rings. The van der Waals surface area contributed by atoms with Gasteiger partial charge in [0, 0.05) is 43.2 Å². The van der Waals surface area contributed by atoms with Gasteiger partial charge in [0.1, 0.15) is 21.3 Å². The molecule has 0 radical (unpaired) electrons. The van der Waals surface area contributed by atoms with Gasteiger partial charge in [0.25, 0.3) is 0 Å². The molecule has 0 spiro atoms. The van der Waals surface area contributed by atoms with E-state index in [1.54, 1.807) is 37.3 Å². The summed E-state index contributed by atoms with van der Waals surface area (Å²) in [6.45, 7) is 1.06. The van der Waals surface area contributed by atoms with E-state index < -0.39 is 9.84 Å². The molecule has 0 bridgehead atoms. The molecule has 1 aliphatic heterocycles. The van der Waals surface area contributed by atoms with E-state index in [1.165, 1.54) is 6.26 Å². The number of hydrogen-bond acceptors (Lipinski definition) is 5. The summed E-state index contributed by atoms with van der Waals surface area (Å²) in [5.74, 6) is 1.26. The van der Waals surface area contributed by atoms with Crippen LogP contribution in [0.4, 0.5) is 10.5 Å². The molecule has 8 heteroatoms. The second kappa shape index (κ2) is 7.74. The molecule has 2 amide bonds. The smallest absolute Gasteiger partial charge is 0.321 e. The van der Waals surface area contributed by atoms with Crippen molar-refractivity contribution in [2.75, 3.05) is 44.6 Å². The van der Waals surface area contributed by atoms with Crippen molar-refractivity contribution in [3.8, 4) is 11.5 Å². The number of hydrogen-bond donors (Lipinski definition) is 1. The summed E-state index contributed by atoms with van der Waals surface area (Å²) in [7, 11) is 0.0437. The van der Waals surface area contributed by atoms with Crippen LogP contribution in [0.25, 0.3) is 0 Å². The SMILES string of the molecule is COc1cc(NC(=O)N2CCC[C@@H](CS(C)(=O)=O)C2)cc(OC)c1. The van der Waals surface area contributed by atoms with Crippen molar-refractivity contribution in [1.29, 1.82) is 0 Å². The van der Waals surface area contributed by atoms with Gasteiger partial charge in [-0.25, -0.2) is 13.2 Å². The van der Waals surface area contributed by atoms with Crippen molar-refractivity contribution in [2.24, 2.45) is 5.92 Å². The Balaban J connectivity index is 2.04. The third kappa shape index (κ3) is 5.30. The fourth-order valence-electron chi connectivity index (χ4n) is 2.90. The van der Waals surface area contributed by atoms with E-state index in [1.807, 2.05) is 0 Å². The molecular weight excluding hydrogens is 332 g/mol. The van der Waals surface area contributed by atoms with Crippen LogP contribution in [-0.4, -0.2) is 58.7 Å². The lowest BCUT2D eigenvalue weighted by atomic mass is 10.0. The van der Waals surface area contributed by atoms with Crippen LogP contribution in [0, 0.1) is 5.92 Å². The number of benzene rings is 1. The summed E-state index contributed by atoms with van der Waals surface area (Å²) in [4.78, 5) is 14.1. The van der Waals surface area contributed by atoms with Gasteiger partial charge in [0.05, 0.1) is 20.0 Å². The highest BCUT2D eigenvalue weighted by Gasteiger charge is 2.26. The highest BCUT2D eigenvalue weighted by Crippen LogP contribution is 2.26. The minimum Gasteiger partial charge on any atom is -0.497 e. The Morgan fingerprint density at radius 2 is 1.88 bits per heavy atom. The highest BCUT2D eigenvalue weighted by atomic mass is 32.2. The summed E-state index contributed by atoms with van der Waals surface area (Å²) in [6.07, 6.45) is 2.85. The van der Waals surface area contributed by atoms with Gasteiger partial charge in [-0.05, 0) is 18.8 Å². The number of nitrogens with one attached hydrogen (secondary N) is 1. The van der Waals surface area contributed by atoms with Gasteiger partial charge in [0.2, 0.25) is 0 Å². The molecule has 1 saturated heterocycles. The van der Waals surface area contributed by atoms with Gasteiger partial charge >= 0.3 is 6.03 Å². The Bertz CT molecular complexity index is 667. The average Bonchev–Trinajstić information content (AvgIpc) is 2.53. The fraction of sp³-hybridized carbons (Fsp3) is 0.562. The maximum Gasteiger partial charge on any atom is 0.321 e. The normalized spacial score (nSPS) is 18.1. The van der Waals surface area contributed by atoms with Gasteiger partial charge in [-0.1, -0.05) is 0 Å². The van der Waals surface area contributed by atoms with Crippen LogP contribution in [0.2, 0.25) is 0 Å². The average molecular weight is 356 g/mol. The molecular formula is C16H24N2O5S. The van der Waals surface area contributed by atoms with Gasteiger partial charge < -0.3 is 19.7 Å². The lowest BCUT2D eigenvalue weighted by Gasteiger charge is -2.32. The third-order valence-electron chi connectivity index (χ3n) is 3.95. The zero-order valence-corrected chi connectivity index (χ0v) is 15.1. The first-order chi connectivity index (χ1) is 11.3. The molecule has 1 aliphatic rings. The van der Waals surface area contributed by atoms with Gasteiger partial charge in [0.15, 0.2) is 0 Å². The van der Waals surface area contributed by atoms with Crippen molar-refractivity contribution < 1.29 is 22.7 Å². The number of amides is 2. The predicted octanol–water partition coefficient (Wildman–Crippen LogP) is 1.99. The van der Waals surface area contributed by atoms with Crippen molar-refractivity contribution in [2.45, 2.75) is 12.8 Å². The fourth-order valence-corrected chi connectivity index (χ4v) is 4.02. The van der Waals surface area contributed by atoms with Crippen LogP contribution >= 0.6 is 0 Å². The zero-order chi connectivity index (χ0) is 17.7. The van der Waals surface area contributed by atoms with E-state index in [9.17, 15) is 13.2 Å². The molecule has 1 atom stereocenters. The number of piperidine rings is 1. The number of likely N-dealkylation sites (tertiary alicyclic amines) is 1.